The molecule has 2 aromatic carbocycles. The molecule has 0 fully saturated rings. The Bertz CT molecular complexity index is 991. The van der Waals surface area contributed by atoms with Crippen LogP contribution in [0, 0.1) is 12.7 Å². The third-order valence-corrected chi connectivity index (χ3v) is 5.32. The summed E-state index contributed by atoms with van der Waals surface area (Å²) in [5.74, 6) is -0.467. The minimum atomic E-state index is -3.77. The summed E-state index contributed by atoms with van der Waals surface area (Å²) in [4.78, 5) is 4.11. The number of halogens is 1. The Balaban J connectivity index is 1.68. The largest absolute Gasteiger partial charge is 0.381 e. The lowest BCUT2D eigenvalue weighted by molar-refractivity contribution is 0.598. The summed E-state index contributed by atoms with van der Waals surface area (Å²) >= 11 is 0. The zero-order chi connectivity index (χ0) is 18.6. The van der Waals surface area contributed by atoms with E-state index in [0.717, 1.165) is 17.3 Å². The number of anilines is 2. The first-order valence-electron chi connectivity index (χ1n) is 7.96. The molecule has 0 saturated carbocycles. The van der Waals surface area contributed by atoms with Crippen molar-refractivity contribution < 1.29 is 12.8 Å². The summed E-state index contributed by atoms with van der Waals surface area (Å²) in [5, 5.41) is 3.24. The van der Waals surface area contributed by atoms with Crippen LogP contribution in [0.25, 0.3) is 0 Å². The van der Waals surface area contributed by atoms with E-state index in [-0.39, 0.29) is 4.90 Å². The number of rotatable bonds is 6. The van der Waals surface area contributed by atoms with Crippen molar-refractivity contribution in [3.05, 3.63) is 83.9 Å². The topological polar surface area (TPSA) is 71.1 Å². The van der Waals surface area contributed by atoms with Gasteiger partial charge in [-0.2, -0.15) is 0 Å². The highest BCUT2D eigenvalue weighted by atomic mass is 32.2. The van der Waals surface area contributed by atoms with Gasteiger partial charge < -0.3 is 5.32 Å². The van der Waals surface area contributed by atoms with Crippen molar-refractivity contribution in [1.29, 1.82) is 0 Å². The quantitative estimate of drug-likeness (QED) is 0.688. The molecule has 7 heteroatoms. The maximum Gasteiger partial charge on any atom is 0.262 e. The molecule has 0 bridgehead atoms. The van der Waals surface area contributed by atoms with Gasteiger partial charge in [0.15, 0.2) is 0 Å². The molecule has 5 nitrogen and oxygen atoms in total. The first-order chi connectivity index (χ1) is 12.4. The second-order valence-corrected chi connectivity index (χ2v) is 7.46. The van der Waals surface area contributed by atoms with Gasteiger partial charge in [-0.3, -0.25) is 9.71 Å². The van der Waals surface area contributed by atoms with Crippen LogP contribution < -0.4 is 10.0 Å². The predicted molar refractivity (Wildman–Crippen MR) is 100.0 cm³/mol. The van der Waals surface area contributed by atoms with Crippen molar-refractivity contribution in [2.75, 3.05) is 10.0 Å². The molecule has 1 heterocycles. The fraction of sp³-hybridized carbons (Fsp3) is 0.105. The SMILES string of the molecule is Cc1cc(F)ccc1S(=O)(=O)Nc1ccc(NCc2cccnc2)cc1. The number of sulfonamides is 1. The van der Waals surface area contributed by atoms with Crippen molar-refractivity contribution in [2.24, 2.45) is 0 Å². The Morgan fingerprint density at radius 3 is 2.42 bits per heavy atom. The molecule has 3 aromatic rings. The third-order valence-electron chi connectivity index (χ3n) is 3.78. The Hall–Kier alpha value is -2.93. The highest BCUT2D eigenvalue weighted by molar-refractivity contribution is 7.92. The highest BCUT2D eigenvalue weighted by Crippen LogP contribution is 2.21. The molecule has 2 N–H and O–H groups in total. The number of aryl methyl sites for hydroxylation is 1. The molecule has 0 saturated heterocycles. The van der Waals surface area contributed by atoms with Gasteiger partial charge in [0.25, 0.3) is 10.0 Å². The average Bonchev–Trinajstić information content (AvgIpc) is 2.61. The van der Waals surface area contributed by atoms with E-state index in [1.54, 1.807) is 43.6 Å². The second-order valence-electron chi connectivity index (χ2n) is 5.81. The lowest BCUT2D eigenvalue weighted by Gasteiger charge is -2.11. The molecule has 134 valence electrons. The zero-order valence-electron chi connectivity index (χ0n) is 14.1. The van der Waals surface area contributed by atoms with Crippen molar-refractivity contribution in [3.8, 4) is 0 Å². The maximum absolute atomic E-state index is 13.2. The fourth-order valence-electron chi connectivity index (χ4n) is 2.49. The maximum atomic E-state index is 13.2. The number of hydrogen-bond donors (Lipinski definition) is 2. The van der Waals surface area contributed by atoms with Gasteiger partial charge in [0, 0.05) is 30.3 Å². The monoisotopic (exact) mass is 371 g/mol. The smallest absolute Gasteiger partial charge is 0.262 e. The van der Waals surface area contributed by atoms with E-state index in [2.05, 4.69) is 15.0 Å². The second kappa shape index (κ2) is 7.53. The van der Waals surface area contributed by atoms with Crippen molar-refractivity contribution in [1.82, 2.24) is 4.98 Å². The number of nitrogens with one attached hydrogen (secondary N) is 2. The number of pyridine rings is 1. The van der Waals surface area contributed by atoms with E-state index in [1.165, 1.54) is 12.1 Å². The van der Waals surface area contributed by atoms with Gasteiger partial charge in [-0.1, -0.05) is 6.07 Å². The predicted octanol–water partition coefficient (Wildman–Crippen LogP) is 3.94. The summed E-state index contributed by atoms with van der Waals surface area (Å²) in [7, 11) is -3.77. The summed E-state index contributed by atoms with van der Waals surface area (Å²) in [6, 6.07) is 14.3. The van der Waals surface area contributed by atoms with Gasteiger partial charge in [-0.25, -0.2) is 12.8 Å². The minimum Gasteiger partial charge on any atom is -0.381 e. The van der Waals surface area contributed by atoms with Gasteiger partial charge in [-0.05, 0) is 66.6 Å². The van der Waals surface area contributed by atoms with Gasteiger partial charge >= 0.3 is 0 Å². The molecule has 26 heavy (non-hydrogen) atoms. The van der Waals surface area contributed by atoms with Crippen LogP contribution in [0.15, 0.2) is 71.9 Å². The van der Waals surface area contributed by atoms with Gasteiger partial charge in [-0.15, -0.1) is 0 Å². The highest BCUT2D eigenvalue weighted by Gasteiger charge is 2.17. The number of hydrogen-bond acceptors (Lipinski definition) is 4. The van der Waals surface area contributed by atoms with Gasteiger partial charge in [0.2, 0.25) is 0 Å². The van der Waals surface area contributed by atoms with Crippen LogP contribution in [-0.2, 0) is 16.6 Å². The molecule has 0 radical (unpaired) electrons. The van der Waals surface area contributed by atoms with Crippen LogP contribution in [0.4, 0.5) is 15.8 Å². The lowest BCUT2D eigenvalue weighted by atomic mass is 10.2. The van der Waals surface area contributed by atoms with Crippen LogP contribution in [0.5, 0.6) is 0 Å². The first-order valence-corrected chi connectivity index (χ1v) is 9.44. The molecule has 0 aliphatic carbocycles. The summed E-state index contributed by atoms with van der Waals surface area (Å²) in [6.45, 7) is 2.18. The summed E-state index contributed by atoms with van der Waals surface area (Å²) in [5.41, 5.74) is 2.69. The number of nitrogens with zero attached hydrogens (tertiary/aromatic N) is 1. The van der Waals surface area contributed by atoms with E-state index in [9.17, 15) is 12.8 Å². The van der Waals surface area contributed by atoms with Crippen LogP contribution in [-0.4, -0.2) is 13.4 Å². The molecule has 0 unspecified atom stereocenters. The lowest BCUT2D eigenvalue weighted by Crippen LogP contribution is -2.14. The Morgan fingerprint density at radius 2 is 1.77 bits per heavy atom. The van der Waals surface area contributed by atoms with E-state index in [4.69, 9.17) is 0 Å². The van der Waals surface area contributed by atoms with Gasteiger partial charge in [0.05, 0.1) is 4.90 Å². The fourth-order valence-corrected chi connectivity index (χ4v) is 3.77. The number of benzene rings is 2. The zero-order valence-corrected chi connectivity index (χ0v) is 14.9. The molecule has 0 aliphatic heterocycles. The average molecular weight is 371 g/mol. The van der Waals surface area contributed by atoms with Gasteiger partial charge in [0.1, 0.15) is 5.82 Å². The van der Waals surface area contributed by atoms with Crippen molar-refractivity contribution in [3.63, 3.8) is 0 Å². The molecule has 0 aliphatic rings. The molecule has 0 atom stereocenters. The molecular formula is C19H18FN3O2S. The third kappa shape index (κ3) is 4.37. The molecular weight excluding hydrogens is 353 g/mol. The summed E-state index contributed by atoms with van der Waals surface area (Å²) in [6.07, 6.45) is 3.49. The van der Waals surface area contributed by atoms with Crippen molar-refractivity contribution in [2.45, 2.75) is 18.4 Å². The van der Waals surface area contributed by atoms with Crippen molar-refractivity contribution >= 4 is 21.4 Å². The Kier molecular flexibility index (Phi) is 5.18. The van der Waals surface area contributed by atoms with Crippen LogP contribution in [0.2, 0.25) is 0 Å². The standard InChI is InChI=1S/C19H18FN3O2S/c1-14-11-16(20)4-9-19(14)26(24,25)23-18-7-5-17(6-8-18)22-13-15-3-2-10-21-12-15/h2-12,22-23H,13H2,1H3. The van der Waals surface area contributed by atoms with Crippen LogP contribution in [0.3, 0.4) is 0 Å². The summed E-state index contributed by atoms with van der Waals surface area (Å²) < 4.78 is 40.6. The van der Waals surface area contributed by atoms with E-state index < -0.39 is 15.8 Å². The van der Waals surface area contributed by atoms with E-state index >= 15 is 0 Å². The Morgan fingerprint density at radius 1 is 1.04 bits per heavy atom. The van der Waals surface area contributed by atoms with E-state index in [0.29, 0.717) is 17.8 Å². The molecule has 1 aromatic heterocycles. The Labute approximate surface area is 152 Å². The molecule has 3 rings (SSSR count). The van der Waals surface area contributed by atoms with E-state index in [1.807, 2.05) is 12.1 Å². The normalized spacial score (nSPS) is 11.2. The minimum absolute atomic E-state index is 0.0534. The molecule has 0 spiro atoms. The van der Waals surface area contributed by atoms with Crippen LogP contribution in [0.1, 0.15) is 11.1 Å². The number of aromatic nitrogens is 1. The molecule has 0 amide bonds. The first kappa shape index (κ1) is 17.9. The van der Waals surface area contributed by atoms with Crippen LogP contribution >= 0.6 is 0 Å².